The summed E-state index contributed by atoms with van der Waals surface area (Å²) in [5, 5.41) is 12.3. The van der Waals surface area contributed by atoms with Crippen molar-refractivity contribution in [3.05, 3.63) is 57.9 Å². The number of carboxylic acid groups (broad SMARTS) is 1. The molecule has 0 radical (unpaired) electrons. The Bertz CT molecular complexity index is 806. The fourth-order valence-electron chi connectivity index (χ4n) is 4.05. The second kappa shape index (κ2) is 6.96. The summed E-state index contributed by atoms with van der Waals surface area (Å²) in [6.07, 6.45) is 3.17. The largest absolute Gasteiger partial charge is 0.481 e. The van der Waals surface area contributed by atoms with Crippen molar-refractivity contribution in [3.63, 3.8) is 0 Å². The second-order valence-corrected chi connectivity index (χ2v) is 6.91. The van der Waals surface area contributed by atoms with E-state index in [0.29, 0.717) is 0 Å². The third-order valence-electron chi connectivity index (χ3n) is 5.13. The maximum absolute atomic E-state index is 13.7. The molecule has 132 valence electrons. The Morgan fingerprint density at radius 1 is 1.20 bits per heavy atom. The molecule has 0 amide bonds. The highest BCUT2D eigenvalue weighted by atomic mass is 19.1. The molecule has 0 heterocycles. The maximum Gasteiger partial charge on any atom is 0.305 e. The van der Waals surface area contributed by atoms with Gasteiger partial charge in [-0.3, -0.25) is 4.79 Å². The van der Waals surface area contributed by atoms with E-state index in [1.165, 1.54) is 11.1 Å². The summed E-state index contributed by atoms with van der Waals surface area (Å²) in [4.78, 5) is 11.2. The van der Waals surface area contributed by atoms with Crippen molar-refractivity contribution >= 4 is 5.97 Å². The molecular formula is C21H24FNO2. The van der Waals surface area contributed by atoms with Gasteiger partial charge in [0.05, 0.1) is 6.42 Å². The molecule has 25 heavy (non-hydrogen) atoms. The van der Waals surface area contributed by atoms with Gasteiger partial charge in [0.2, 0.25) is 0 Å². The van der Waals surface area contributed by atoms with E-state index in [0.717, 1.165) is 47.1 Å². The lowest BCUT2D eigenvalue weighted by Gasteiger charge is -2.20. The minimum atomic E-state index is -0.824. The van der Waals surface area contributed by atoms with Crippen molar-refractivity contribution in [1.29, 1.82) is 0 Å². The molecule has 0 saturated heterocycles. The van der Waals surface area contributed by atoms with Gasteiger partial charge in [-0.05, 0) is 97.3 Å². The minimum Gasteiger partial charge on any atom is -0.481 e. The lowest BCUT2D eigenvalue weighted by Crippen LogP contribution is -2.20. The molecule has 2 N–H and O–H groups in total. The van der Waals surface area contributed by atoms with E-state index in [-0.39, 0.29) is 18.3 Å². The summed E-state index contributed by atoms with van der Waals surface area (Å²) in [7, 11) is 1.79. The first-order valence-corrected chi connectivity index (χ1v) is 8.72. The molecule has 0 fully saturated rings. The van der Waals surface area contributed by atoms with Gasteiger partial charge in [0.1, 0.15) is 5.82 Å². The van der Waals surface area contributed by atoms with Crippen LogP contribution in [-0.4, -0.2) is 18.1 Å². The SMILES string of the molecule is CNC(CC(=O)O)c1cc2c(c(-c3c(C)cc(F)cc3C)c1)CCC2. The number of nitrogens with one attached hydrogen (secondary N) is 1. The van der Waals surface area contributed by atoms with E-state index in [1.807, 2.05) is 13.8 Å². The Kier molecular flexibility index (Phi) is 4.91. The zero-order chi connectivity index (χ0) is 18.1. The zero-order valence-electron chi connectivity index (χ0n) is 14.9. The smallest absolute Gasteiger partial charge is 0.305 e. The molecule has 3 nitrogen and oxygen atoms in total. The Labute approximate surface area is 147 Å². The third-order valence-corrected chi connectivity index (χ3v) is 5.13. The van der Waals surface area contributed by atoms with Crippen molar-refractivity contribution in [2.24, 2.45) is 0 Å². The number of hydrogen-bond donors (Lipinski definition) is 2. The molecule has 1 atom stereocenters. The van der Waals surface area contributed by atoms with Crippen LogP contribution in [0.3, 0.4) is 0 Å². The molecule has 2 aromatic rings. The molecule has 4 heteroatoms. The number of rotatable bonds is 5. The first kappa shape index (κ1) is 17.6. The Hall–Kier alpha value is -2.20. The molecule has 1 aliphatic carbocycles. The molecule has 0 aliphatic heterocycles. The third kappa shape index (κ3) is 3.45. The summed E-state index contributed by atoms with van der Waals surface area (Å²) in [6.45, 7) is 3.87. The molecule has 3 rings (SSSR count). The van der Waals surface area contributed by atoms with Crippen LogP contribution in [0.1, 0.15) is 46.7 Å². The molecule has 2 aromatic carbocycles. The van der Waals surface area contributed by atoms with Gasteiger partial charge in [-0.2, -0.15) is 0 Å². The highest BCUT2D eigenvalue weighted by molar-refractivity contribution is 5.76. The predicted molar refractivity (Wildman–Crippen MR) is 97.4 cm³/mol. The lowest BCUT2D eigenvalue weighted by atomic mass is 9.87. The van der Waals surface area contributed by atoms with Gasteiger partial charge >= 0.3 is 5.97 Å². The van der Waals surface area contributed by atoms with Crippen LogP contribution in [0.15, 0.2) is 24.3 Å². The topological polar surface area (TPSA) is 49.3 Å². The predicted octanol–water partition coefficient (Wildman–Crippen LogP) is 4.33. The molecule has 0 spiro atoms. The maximum atomic E-state index is 13.7. The van der Waals surface area contributed by atoms with Crippen LogP contribution in [0, 0.1) is 19.7 Å². The highest BCUT2D eigenvalue weighted by Gasteiger charge is 2.23. The van der Waals surface area contributed by atoms with Crippen molar-refractivity contribution in [2.45, 2.75) is 45.6 Å². The molecule has 1 unspecified atom stereocenters. The summed E-state index contributed by atoms with van der Waals surface area (Å²) in [5.41, 5.74) is 7.65. The van der Waals surface area contributed by atoms with E-state index in [4.69, 9.17) is 0 Å². The average molecular weight is 341 g/mol. The van der Waals surface area contributed by atoms with Gasteiger partial charge < -0.3 is 10.4 Å². The summed E-state index contributed by atoms with van der Waals surface area (Å²) >= 11 is 0. The average Bonchev–Trinajstić information content (AvgIpc) is 2.99. The number of halogens is 1. The normalized spacial score (nSPS) is 14.4. The molecule has 0 bridgehead atoms. The van der Waals surface area contributed by atoms with Crippen LogP contribution in [0.4, 0.5) is 4.39 Å². The second-order valence-electron chi connectivity index (χ2n) is 6.91. The van der Waals surface area contributed by atoms with Crippen LogP contribution in [0.2, 0.25) is 0 Å². The van der Waals surface area contributed by atoms with Gasteiger partial charge in [-0.1, -0.05) is 6.07 Å². The number of carboxylic acids is 1. The fraction of sp³-hybridized carbons (Fsp3) is 0.381. The molecule has 0 aromatic heterocycles. The number of fused-ring (bicyclic) bond motifs is 1. The summed E-state index contributed by atoms with van der Waals surface area (Å²) < 4.78 is 13.7. The van der Waals surface area contributed by atoms with E-state index in [9.17, 15) is 14.3 Å². The van der Waals surface area contributed by atoms with Crippen molar-refractivity contribution in [3.8, 4) is 11.1 Å². The molecule has 0 saturated carbocycles. The van der Waals surface area contributed by atoms with Crippen LogP contribution in [0.25, 0.3) is 11.1 Å². The molecular weight excluding hydrogens is 317 g/mol. The summed E-state index contributed by atoms with van der Waals surface area (Å²) in [6, 6.07) is 7.15. The van der Waals surface area contributed by atoms with Gasteiger partial charge in [0.25, 0.3) is 0 Å². The number of carbonyl (C=O) groups is 1. The highest BCUT2D eigenvalue weighted by Crippen LogP contribution is 2.38. The Morgan fingerprint density at radius 2 is 1.88 bits per heavy atom. The quantitative estimate of drug-likeness (QED) is 0.851. The summed E-state index contributed by atoms with van der Waals surface area (Å²) in [5.74, 6) is -1.04. The number of hydrogen-bond acceptors (Lipinski definition) is 2. The number of aliphatic carboxylic acids is 1. The van der Waals surface area contributed by atoms with Crippen molar-refractivity contribution in [2.75, 3.05) is 7.05 Å². The first-order valence-electron chi connectivity index (χ1n) is 8.72. The molecule has 1 aliphatic rings. The van der Waals surface area contributed by atoms with E-state index in [1.54, 1.807) is 19.2 Å². The van der Waals surface area contributed by atoms with Gasteiger partial charge in [0, 0.05) is 6.04 Å². The standard InChI is InChI=1S/C21H24FNO2/c1-12-7-16(22)8-13(2)21(12)18-10-15(19(23-3)11-20(24)25)9-14-5-4-6-17(14)18/h7-10,19,23H,4-6,11H2,1-3H3,(H,24,25). The number of aryl methyl sites for hydroxylation is 3. The number of benzene rings is 2. The van der Waals surface area contributed by atoms with E-state index in [2.05, 4.69) is 17.4 Å². The van der Waals surface area contributed by atoms with Gasteiger partial charge in [-0.25, -0.2) is 4.39 Å². The van der Waals surface area contributed by atoms with Crippen molar-refractivity contribution < 1.29 is 14.3 Å². The van der Waals surface area contributed by atoms with Gasteiger partial charge in [0.15, 0.2) is 0 Å². The Morgan fingerprint density at radius 3 is 2.48 bits per heavy atom. The fourth-order valence-corrected chi connectivity index (χ4v) is 4.05. The van der Waals surface area contributed by atoms with Crippen LogP contribution in [-0.2, 0) is 17.6 Å². The van der Waals surface area contributed by atoms with Crippen LogP contribution in [0.5, 0.6) is 0 Å². The van der Waals surface area contributed by atoms with E-state index < -0.39 is 5.97 Å². The van der Waals surface area contributed by atoms with Crippen LogP contribution >= 0.6 is 0 Å². The van der Waals surface area contributed by atoms with Gasteiger partial charge in [-0.15, -0.1) is 0 Å². The minimum absolute atomic E-state index is 0.0378. The zero-order valence-corrected chi connectivity index (χ0v) is 14.9. The lowest BCUT2D eigenvalue weighted by molar-refractivity contribution is -0.137. The monoisotopic (exact) mass is 341 g/mol. The Balaban J connectivity index is 2.19. The van der Waals surface area contributed by atoms with Crippen LogP contribution < -0.4 is 5.32 Å². The first-order chi connectivity index (χ1) is 11.9. The van der Waals surface area contributed by atoms with E-state index >= 15 is 0 Å². The van der Waals surface area contributed by atoms with Crippen molar-refractivity contribution in [1.82, 2.24) is 5.32 Å².